The summed E-state index contributed by atoms with van der Waals surface area (Å²) in [5.41, 5.74) is 4.36. The van der Waals surface area contributed by atoms with E-state index in [0.717, 1.165) is 27.7 Å². The van der Waals surface area contributed by atoms with Crippen molar-refractivity contribution in [3.05, 3.63) is 107 Å². The SMILES string of the molecule is Cc1ccc(Nc2n[n+]3ccc4ccccc4c3c(=O)n2-c2ccc(C)cc2)cc1. The molecule has 146 valence electrons. The summed E-state index contributed by atoms with van der Waals surface area (Å²) in [5, 5.41) is 9.98. The molecule has 0 saturated carbocycles. The molecule has 5 nitrogen and oxygen atoms in total. The van der Waals surface area contributed by atoms with Gasteiger partial charge in [-0.05, 0) is 54.1 Å². The van der Waals surface area contributed by atoms with Crippen molar-refractivity contribution in [2.75, 3.05) is 5.32 Å². The van der Waals surface area contributed by atoms with Crippen LogP contribution in [0.2, 0.25) is 0 Å². The molecular formula is C25H21N4O+. The average molecular weight is 393 g/mol. The first kappa shape index (κ1) is 18.1. The minimum atomic E-state index is -0.125. The van der Waals surface area contributed by atoms with Crippen LogP contribution in [0.25, 0.3) is 22.0 Å². The van der Waals surface area contributed by atoms with Crippen molar-refractivity contribution >= 4 is 27.9 Å². The predicted octanol–water partition coefficient (Wildman–Crippen LogP) is 4.48. The molecule has 30 heavy (non-hydrogen) atoms. The summed E-state index contributed by atoms with van der Waals surface area (Å²) in [5.74, 6) is 0.459. The molecule has 0 atom stereocenters. The van der Waals surface area contributed by atoms with Gasteiger partial charge in [0.2, 0.25) is 6.20 Å². The minimum Gasteiger partial charge on any atom is -0.320 e. The van der Waals surface area contributed by atoms with Crippen LogP contribution in [0, 0.1) is 13.8 Å². The summed E-state index contributed by atoms with van der Waals surface area (Å²) < 4.78 is 3.30. The number of aryl methyl sites for hydroxylation is 2. The third-order valence-electron chi connectivity index (χ3n) is 5.26. The van der Waals surface area contributed by atoms with Gasteiger partial charge in [0, 0.05) is 16.9 Å². The van der Waals surface area contributed by atoms with E-state index in [0.29, 0.717) is 11.5 Å². The van der Waals surface area contributed by atoms with Crippen LogP contribution < -0.4 is 15.4 Å². The van der Waals surface area contributed by atoms with Gasteiger partial charge in [0.1, 0.15) is 0 Å². The molecule has 0 radical (unpaired) electrons. The summed E-state index contributed by atoms with van der Waals surface area (Å²) in [7, 11) is 0. The lowest BCUT2D eigenvalue weighted by Gasteiger charge is -2.12. The number of pyridine rings is 1. The zero-order chi connectivity index (χ0) is 20.7. The molecule has 5 aromatic rings. The van der Waals surface area contributed by atoms with Crippen LogP contribution >= 0.6 is 0 Å². The summed E-state index contributed by atoms with van der Waals surface area (Å²) in [6.07, 6.45) is 1.83. The second-order valence-electron chi connectivity index (χ2n) is 7.49. The molecule has 0 unspecified atom stereocenters. The number of hydrogen-bond acceptors (Lipinski definition) is 3. The molecule has 0 aliphatic rings. The monoisotopic (exact) mass is 393 g/mol. The fourth-order valence-corrected chi connectivity index (χ4v) is 3.63. The molecular weight excluding hydrogens is 372 g/mol. The summed E-state index contributed by atoms with van der Waals surface area (Å²) in [6.45, 7) is 4.07. The maximum absolute atomic E-state index is 13.8. The molecule has 2 heterocycles. The number of hydrogen-bond donors (Lipinski definition) is 1. The van der Waals surface area contributed by atoms with Gasteiger partial charge in [-0.15, -0.1) is 0 Å². The predicted molar refractivity (Wildman–Crippen MR) is 120 cm³/mol. The largest absolute Gasteiger partial charge is 0.333 e. The van der Waals surface area contributed by atoms with E-state index in [-0.39, 0.29) is 5.56 Å². The molecule has 0 bridgehead atoms. The zero-order valence-corrected chi connectivity index (χ0v) is 16.8. The fraction of sp³-hybridized carbons (Fsp3) is 0.0800. The molecule has 0 aliphatic carbocycles. The highest BCUT2D eigenvalue weighted by atomic mass is 16.1. The van der Waals surface area contributed by atoms with Gasteiger partial charge in [-0.2, -0.15) is 0 Å². The lowest BCUT2D eigenvalue weighted by Crippen LogP contribution is -2.38. The first-order chi connectivity index (χ1) is 14.6. The lowest BCUT2D eigenvalue weighted by molar-refractivity contribution is -0.579. The Morgan fingerprint density at radius 1 is 0.833 bits per heavy atom. The van der Waals surface area contributed by atoms with E-state index < -0.39 is 0 Å². The topological polar surface area (TPSA) is 51.0 Å². The van der Waals surface area contributed by atoms with Crippen molar-refractivity contribution < 1.29 is 4.52 Å². The Hall–Kier alpha value is -3.99. The highest BCUT2D eigenvalue weighted by molar-refractivity contribution is 5.93. The van der Waals surface area contributed by atoms with Crippen LogP contribution in [0.15, 0.2) is 89.9 Å². The van der Waals surface area contributed by atoms with E-state index in [2.05, 4.69) is 5.32 Å². The molecule has 3 aromatic carbocycles. The first-order valence-electron chi connectivity index (χ1n) is 9.87. The van der Waals surface area contributed by atoms with Crippen LogP contribution in [-0.4, -0.2) is 9.67 Å². The van der Waals surface area contributed by atoms with E-state index >= 15 is 0 Å². The van der Waals surface area contributed by atoms with Gasteiger partial charge < -0.3 is 5.32 Å². The molecule has 2 aromatic heterocycles. The normalized spacial score (nSPS) is 11.1. The third kappa shape index (κ3) is 3.10. The van der Waals surface area contributed by atoms with E-state index in [4.69, 9.17) is 5.10 Å². The minimum absolute atomic E-state index is 0.125. The zero-order valence-electron chi connectivity index (χ0n) is 16.8. The Balaban J connectivity index is 1.82. The highest BCUT2D eigenvalue weighted by Crippen LogP contribution is 2.20. The van der Waals surface area contributed by atoms with Crippen LogP contribution in [0.4, 0.5) is 11.6 Å². The molecule has 0 spiro atoms. The molecule has 0 aliphatic heterocycles. The maximum atomic E-state index is 13.8. The van der Waals surface area contributed by atoms with Crippen molar-refractivity contribution in [1.82, 2.24) is 9.67 Å². The van der Waals surface area contributed by atoms with Crippen molar-refractivity contribution in [2.24, 2.45) is 0 Å². The average Bonchev–Trinajstić information content (AvgIpc) is 2.76. The smallest absolute Gasteiger partial charge is 0.320 e. The third-order valence-corrected chi connectivity index (χ3v) is 5.26. The number of benzene rings is 3. The van der Waals surface area contributed by atoms with Gasteiger partial charge >= 0.3 is 11.1 Å². The lowest BCUT2D eigenvalue weighted by atomic mass is 10.1. The van der Waals surface area contributed by atoms with Crippen molar-refractivity contribution in [3.63, 3.8) is 0 Å². The van der Waals surface area contributed by atoms with Gasteiger partial charge in [0.15, 0.2) is 0 Å². The van der Waals surface area contributed by atoms with E-state index in [1.54, 1.807) is 9.08 Å². The van der Waals surface area contributed by atoms with Crippen LogP contribution in [-0.2, 0) is 0 Å². The maximum Gasteiger partial charge on any atom is 0.333 e. The summed E-state index contributed by atoms with van der Waals surface area (Å²) in [6, 6.07) is 25.7. The van der Waals surface area contributed by atoms with Crippen molar-refractivity contribution in [1.29, 1.82) is 0 Å². The molecule has 5 heteroatoms. The van der Waals surface area contributed by atoms with E-state index in [9.17, 15) is 4.79 Å². The standard InChI is InChI=1S/C25H20N4O/c1-17-7-11-20(12-8-17)26-25-27-28-16-15-19-5-3-4-6-22(19)23(28)24(30)29(25)21-13-9-18(2)10-14-21/h3-16H,1-2H3/p+1. The Morgan fingerprint density at radius 3 is 2.23 bits per heavy atom. The summed E-state index contributed by atoms with van der Waals surface area (Å²) in [4.78, 5) is 13.8. The highest BCUT2D eigenvalue weighted by Gasteiger charge is 2.22. The van der Waals surface area contributed by atoms with Crippen LogP contribution in [0.1, 0.15) is 11.1 Å². The molecule has 1 N–H and O–H groups in total. The number of nitrogens with one attached hydrogen (secondary N) is 1. The second-order valence-corrected chi connectivity index (χ2v) is 7.49. The first-order valence-corrected chi connectivity index (χ1v) is 9.87. The second kappa shape index (κ2) is 7.12. The van der Waals surface area contributed by atoms with E-state index in [1.807, 2.05) is 98.9 Å². The van der Waals surface area contributed by atoms with Gasteiger partial charge in [-0.3, -0.25) is 4.79 Å². The number of nitrogens with zero attached hydrogens (tertiary/aromatic N) is 3. The molecule has 5 rings (SSSR count). The van der Waals surface area contributed by atoms with E-state index in [1.165, 1.54) is 5.56 Å². The number of aromatic nitrogens is 3. The van der Waals surface area contributed by atoms with Gasteiger partial charge in [0.05, 0.1) is 11.1 Å². The van der Waals surface area contributed by atoms with Gasteiger partial charge in [-0.1, -0.05) is 53.6 Å². The Bertz CT molecular complexity index is 1440. The number of fused-ring (bicyclic) bond motifs is 3. The number of rotatable bonds is 3. The van der Waals surface area contributed by atoms with Crippen molar-refractivity contribution in [3.8, 4) is 5.69 Å². The molecule has 0 amide bonds. The van der Waals surface area contributed by atoms with Crippen LogP contribution in [0.5, 0.6) is 0 Å². The van der Waals surface area contributed by atoms with Gasteiger partial charge in [0.25, 0.3) is 5.95 Å². The molecule has 0 saturated heterocycles. The van der Waals surface area contributed by atoms with Crippen LogP contribution in [0.3, 0.4) is 0 Å². The van der Waals surface area contributed by atoms with Crippen molar-refractivity contribution in [2.45, 2.75) is 13.8 Å². The summed E-state index contributed by atoms with van der Waals surface area (Å²) >= 11 is 0. The number of anilines is 2. The van der Waals surface area contributed by atoms with Gasteiger partial charge in [-0.25, -0.2) is 4.57 Å². The fourth-order valence-electron chi connectivity index (χ4n) is 3.63. The molecule has 0 fully saturated rings. The Kier molecular flexibility index (Phi) is 4.29. The Morgan fingerprint density at radius 2 is 1.50 bits per heavy atom. The Labute approximate surface area is 173 Å². The quantitative estimate of drug-likeness (QED) is 0.363.